The number of hydrogen-bond acceptors (Lipinski definition) is 1. The summed E-state index contributed by atoms with van der Waals surface area (Å²) in [7, 11) is 0. The Balaban J connectivity index is 0.00000112. The van der Waals surface area contributed by atoms with Crippen molar-refractivity contribution in [2.75, 3.05) is 0 Å². The topological polar surface area (TPSA) is 26.0 Å². The third-order valence-electron chi connectivity index (χ3n) is 2.67. The molecule has 84 valence electrons. The van der Waals surface area contributed by atoms with Crippen LogP contribution in [0.25, 0.3) is 0 Å². The van der Waals surface area contributed by atoms with Crippen molar-refractivity contribution in [2.24, 2.45) is 11.7 Å². The van der Waals surface area contributed by atoms with E-state index in [2.05, 4.69) is 15.9 Å². The summed E-state index contributed by atoms with van der Waals surface area (Å²) in [6, 6.07) is 5.01. The van der Waals surface area contributed by atoms with E-state index in [1.807, 2.05) is 6.07 Å². The van der Waals surface area contributed by atoms with Crippen molar-refractivity contribution in [3.05, 3.63) is 34.1 Å². The first-order valence-electron chi connectivity index (χ1n) is 4.88. The largest absolute Gasteiger partial charge is 0.324 e. The van der Waals surface area contributed by atoms with Gasteiger partial charge in [0.15, 0.2) is 0 Å². The van der Waals surface area contributed by atoms with E-state index in [-0.39, 0.29) is 24.3 Å². The lowest BCUT2D eigenvalue weighted by atomic mass is 10.0. The summed E-state index contributed by atoms with van der Waals surface area (Å²) in [4.78, 5) is 0. The molecule has 1 aliphatic carbocycles. The van der Waals surface area contributed by atoms with Gasteiger partial charge in [-0.1, -0.05) is 25.0 Å². The van der Waals surface area contributed by atoms with Crippen LogP contribution in [0.5, 0.6) is 0 Å². The maximum atomic E-state index is 13.2. The molecule has 0 aliphatic heterocycles. The molecule has 0 radical (unpaired) electrons. The third-order valence-corrected chi connectivity index (χ3v) is 3.50. The first kappa shape index (κ1) is 12.9. The van der Waals surface area contributed by atoms with Crippen molar-refractivity contribution in [3.8, 4) is 0 Å². The highest BCUT2D eigenvalue weighted by atomic mass is 79.9. The Labute approximate surface area is 104 Å². The molecular formula is C11H14BrClFN. The zero-order valence-corrected chi connectivity index (χ0v) is 10.7. The zero-order valence-electron chi connectivity index (χ0n) is 8.25. The molecule has 0 unspecified atom stereocenters. The van der Waals surface area contributed by atoms with Crippen molar-refractivity contribution in [1.82, 2.24) is 0 Å². The Morgan fingerprint density at radius 1 is 1.47 bits per heavy atom. The summed E-state index contributed by atoms with van der Waals surface area (Å²) < 4.78 is 13.7. The van der Waals surface area contributed by atoms with Gasteiger partial charge in [-0.05, 0) is 39.9 Å². The molecule has 0 saturated heterocycles. The van der Waals surface area contributed by atoms with E-state index in [1.54, 1.807) is 6.07 Å². The van der Waals surface area contributed by atoms with Gasteiger partial charge in [0.1, 0.15) is 5.82 Å². The van der Waals surface area contributed by atoms with E-state index in [1.165, 1.54) is 18.9 Å². The molecule has 1 saturated carbocycles. The normalized spacial score (nSPS) is 17.0. The summed E-state index contributed by atoms with van der Waals surface area (Å²) in [6.07, 6.45) is 3.53. The maximum Gasteiger partial charge on any atom is 0.137 e. The van der Waals surface area contributed by atoms with Crippen molar-refractivity contribution in [2.45, 2.75) is 25.3 Å². The minimum atomic E-state index is -0.228. The minimum absolute atomic E-state index is 0. The fourth-order valence-electron chi connectivity index (χ4n) is 1.65. The number of halogens is 3. The lowest BCUT2D eigenvalue weighted by Crippen LogP contribution is -2.12. The number of rotatable bonds is 3. The van der Waals surface area contributed by atoms with Crippen LogP contribution in [-0.2, 0) is 0 Å². The van der Waals surface area contributed by atoms with Crippen LogP contribution in [0.1, 0.15) is 30.9 Å². The Bertz CT molecular complexity index is 341. The molecule has 2 N–H and O–H groups in total. The summed E-state index contributed by atoms with van der Waals surface area (Å²) in [5.74, 6) is 0.536. The molecule has 0 amide bonds. The summed E-state index contributed by atoms with van der Waals surface area (Å²) in [6.45, 7) is 0. The van der Waals surface area contributed by atoms with Crippen LogP contribution in [0.15, 0.2) is 22.7 Å². The van der Waals surface area contributed by atoms with Crippen LogP contribution < -0.4 is 5.73 Å². The standard InChI is InChI=1S/C11H13BrFN.ClH/c12-11-8(2-1-3-9(11)13)10(14)6-7-4-5-7;/h1-3,7,10H,4-6,14H2;1H/t10-;/m1./s1. The van der Waals surface area contributed by atoms with Gasteiger partial charge in [0.2, 0.25) is 0 Å². The van der Waals surface area contributed by atoms with Gasteiger partial charge < -0.3 is 5.73 Å². The molecular weight excluding hydrogens is 280 g/mol. The van der Waals surface area contributed by atoms with Gasteiger partial charge in [0.05, 0.1) is 4.47 Å². The highest BCUT2D eigenvalue weighted by Gasteiger charge is 2.25. The number of nitrogens with two attached hydrogens (primary N) is 1. The van der Waals surface area contributed by atoms with Gasteiger partial charge in [-0.3, -0.25) is 0 Å². The average molecular weight is 295 g/mol. The molecule has 1 atom stereocenters. The van der Waals surface area contributed by atoms with E-state index in [0.717, 1.165) is 17.9 Å². The van der Waals surface area contributed by atoms with Crippen molar-refractivity contribution >= 4 is 28.3 Å². The predicted octanol–water partition coefficient (Wildman–Crippen LogP) is 3.81. The fourth-order valence-corrected chi connectivity index (χ4v) is 2.20. The second-order valence-corrected chi connectivity index (χ2v) is 4.72. The first-order valence-corrected chi connectivity index (χ1v) is 5.67. The van der Waals surface area contributed by atoms with E-state index < -0.39 is 0 Å². The average Bonchev–Trinajstić information content (AvgIpc) is 2.93. The van der Waals surface area contributed by atoms with Gasteiger partial charge in [-0.25, -0.2) is 4.39 Å². The summed E-state index contributed by atoms with van der Waals surface area (Å²) in [5.41, 5.74) is 6.90. The third kappa shape index (κ3) is 3.16. The first-order chi connectivity index (χ1) is 6.68. The summed E-state index contributed by atoms with van der Waals surface area (Å²) >= 11 is 3.24. The molecule has 15 heavy (non-hydrogen) atoms. The van der Waals surface area contributed by atoms with E-state index in [4.69, 9.17) is 5.73 Å². The van der Waals surface area contributed by atoms with Gasteiger partial charge in [-0.2, -0.15) is 0 Å². The van der Waals surface area contributed by atoms with Crippen LogP contribution in [0.3, 0.4) is 0 Å². The van der Waals surface area contributed by atoms with Gasteiger partial charge in [0, 0.05) is 6.04 Å². The van der Waals surface area contributed by atoms with Crippen LogP contribution in [0.2, 0.25) is 0 Å². The van der Waals surface area contributed by atoms with Crippen molar-refractivity contribution < 1.29 is 4.39 Å². The Morgan fingerprint density at radius 2 is 2.13 bits per heavy atom. The van der Waals surface area contributed by atoms with Gasteiger partial charge in [0.25, 0.3) is 0 Å². The molecule has 2 rings (SSSR count). The van der Waals surface area contributed by atoms with Gasteiger partial charge >= 0.3 is 0 Å². The Hall–Kier alpha value is -0.120. The zero-order chi connectivity index (χ0) is 10.1. The van der Waals surface area contributed by atoms with Crippen LogP contribution in [0, 0.1) is 11.7 Å². The van der Waals surface area contributed by atoms with E-state index >= 15 is 0 Å². The quantitative estimate of drug-likeness (QED) is 0.901. The molecule has 0 aromatic heterocycles. The number of hydrogen-bond donors (Lipinski definition) is 1. The van der Waals surface area contributed by atoms with Crippen molar-refractivity contribution in [3.63, 3.8) is 0 Å². The monoisotopic (exact) mass is 293 g/mol. The van der Waals surface area contributed by atoms with E-state index in [0.29, 0.717) is 4.47 Å². The highest BCUT2D eigenvalue weighted by Crippen LogP contribution is 2.38. The summed E-state index contributed by atoms with van der Waals surface area (Å²) in [5, 5.41) is 0. The fraction of sp³-hybridized carbons (Fsp3) is 0.455. The molecule has 0 heterocycles. The van der Waals surface area contributed by atoms with Crippen LogP contribution >= 0.6 is 28.3 Å². The molecule has 1 nitrogen and oxygen atoms in total. The lowest BCUT2D eigenvalue weighted by molar-refractivity contribution is 0.577. The molecule has 1 fully saturated rings. The SMILES string of the molecule is Cl.N[C@H](CC1CC1)c1cccc(F)c1Br. The lowest BCUT2D eigenvalue weighted by Gasteiger charge is -2.13. The molecule has 4 heteroatoms. The molecule has 0 bridgehead atoms. The second-order valence-electron chi connectivity index (χ2n) is 3.93. The molecule has 1 aliphatic rings. The Kier molecular flexibility index (Phi) is 4.56. The van der Waals surface area contributed by atoms with Crippen LogP contribution in [-0.4, -0.2) is 0 Å². The highest BCUT2D eigenvalue weighted by molar-refractivity contribution is 9.10. The number of benzene rings is 1. The molecule has 1 aromatic rings. The van der Waals surface area contributed by atoms with Crippen molar-refractivity contribution in [1.29, 1.82) is 0 Å². The maximum absolute atomic E-state index is 13.2. The van der Waals surface area contributed by atoms with Gasteiger partial charge in [-0.15, -0.1) is 12.4 Å². The second kappa shape index (κ2) is 5.28. The van der Waals surface area contributed by atoms with E-state index in [9.17, 15) is 4.39 Å². The minimum Gasteiger partial charge on any atom is -0.324 e. The smallest absolute Gasteiger partial charge is 0.137 e. The van der Waals surface area contributed by atoms with Crippen LogP contribution in [0.4, 0.5) is 4.39 Å². The Morgan fingerprint density at radius 3 is 2.73 bits per heavy atom. The molecule has 1 aromatic carbocycles. The molecule has 0 spiro atoms. The predicted molar refractivity (Wildman–Crippen MR) is 65.6 cm³/mol.